The fraction of sp³-hybridized carbons (Fsp3) is 0.125. The topological polar surface area (TPSA) is 50.4 Å². The van der Waals surface area contributed by atoms with Gasteiger partial charge in [0.15, 0.2) is 4.67 Å². The van der Waals surface area contributed by atoms with Gasteiger partial charge in [-0.2, -0.15) is 0 Å². The summed E-state index contributed by atoms with van der Waals surface area (Å²) in [7, 11) is 0. The lowest BCUT2D eigenvalue weighted by Crippen LogP contribution is -1.88. The van der Waals surface area contributed by atoms with Crippen LogP contribution in [0.2, 0.25) is 0 Å². The molecule has 1 aromatic heterocycles. The summed E-state index contributed by atoms with van der Waals surface area (Å²) in [5.74, 6) is -0.413. The van der Waals surface area contributed by atoms with E-state index in [2.05, 4.69) is 15.9 Å². The van der Waals surface area contributed by atoms with E-state index >= 15 is 0 Å². The number of aliphatic carboxylic acids is 1. The molecule has 0 amide bonds. The highest BCUT2D eigenvalue weighted by atomic mass is 79.9. The fourth-order valence-corrected chi connectivity index (χ4v) is 1.09. The van der Waals surface area contributed by atoms with Crippen molar-refractivity contribution in [1.29, 1.82) is 0 Å². The van der Waals surface area contributed by atoms with Crippen LogP contribution in [0.15, 0.2) is 27.3 Å². The Morgan fingerprint density at radius 3 is 2.75 bits per heavy atom. The highest BCUT2D eigenvalue weighted by Crippen LogP contribution is 2.20. The minimum absolute atomic E-state index is 0.560. The van der Waals surface area contributed by atoms with Gasteiger partial charge < -0.3 is 9.52 Å². The lowest BCUT2D eigenvalue weighted by atomic mass is 10.2. The van der Waals surface area contributed by atoms with Crippen molar-refractivity contribution in [3.8, 4) is 0 Å². The van der Waals surface area contributed by atoms with Gasteiger partial charge in [-0.15, -0.1) is 0 Å². The molecule has 1 heterocycles. The Morgan fingerprint density at radius 1 is 1.67 bits per heavy atom. The van der Waals surface area contributed by atoms with E-state index in [9.17, 15) is 4.79 Å². The van der Waals surface area contributed by atoms with E-state index in [0.29, 0.717) is 16.0 Å². The molecule has 0 atom stereocenters. The molecule has 0 radical (unpaired) electrons. The summed E-state index contributed by atoms with van der Waals surface area (Å²) in [6.45, 7) is 1.68. The van der Waals surface area contributed by atoms with Crippen LogP contribution in [-0.2, 0) is 4.79 Å². The summed E-state index contributed by atoms with van der Waals surface area (Å²) >= 11 is 3.13. The van der Waals surface area contributed by atoms with E-state index in [-0.39, 0.29) is 0 Å². The summed E-state index contributed by atoms with van der Waals surface area (Å²) in [6.07, 6.45) is 1.10. The second kappa shape index (κ2) is 3.58. The molecule has 4 heteroatoms. The maximum atomic E-state index is 10.3. The summed E-state index contributed by atoms with van der Waals surface area (Å²) in [6, 6.07) is 3.42. The molecule has 0 spiro atoms. The molecule has 0 saturated heterocycles. The first-order valence-electron chi connectivity index (χ1n) is 3.26. The largest absolute Gasteiger partial charge is 0.478 e. The molecule has 0 bridgehead atoms. The molecular weight excluding hydrogens is 224 g/mol. The first-order chi connectivity index (χ1) is 5.59. The molecule has 1 aromatic rings. The van der Waals surface area contributed by atoms with Crippen molar-refractivity contribution in [2.45, 2.75) is 6.92 Å². The maximum absolute atomic E-state index is 10.3. The monoisotopic (exact) mass is 230 g/mol. The second-order valence-corrected chi connectivity index (χ2v) is 3.05. The molecule has 0 aromatic carbocycles. The second-order valence-electron chi connectivity index (χ2n) is 2.27. The van der Waals surface area contributed by atoms with Crippen LogP contribution in [0.1, 0.15) is 12.7 Å². The number of carboxylic acids is 1. The predicted molar refractivity (Wildman–Crippen MR) is 47.7 cm³/mol. The van der Waals surface area contributed by atoms with Gasteiger partial charge in [-0.05, 0) is 40.6 Å². The van der Waals surface area contributed by atoms with Gasteiger partial charge in [-0.25, -0.2) is 4.79 Å². The van der Waals surface area contributed by atoms with E-state index in [0.717, 1.165) is 6.08 Å². The van der Waals surface area contributed by atoms with E-state index in [1.165, 1.54) is 0 Å². The lowest BCUT2D eigenvalue weighted by molar-refractivity contribution is -0.131. The van der Waals surface area contributed by atoms with Crippen molar-refractivity contribution in [2.75, 3.05) is 0 Å². The summed E-state index contributed by atoms with van der Waals surface area (Å²) in [5, 5.41) is 8.42. The summed E-state index contributed by atoms with van der Waals surface area (Å²) in [4.78, 5) is 10.3. The van der Waals surface area contributed by atoms with E-state index in [4.69, 9.17) is 9.52 Å². The number of carbonyl (C=O) groups is 1. The van der Waals surface area contributed by atoms with Crippen LogP contribution in [0.3, 0.4) is 0 Å². The van der Waals surface area contributed by atoms with Crippen molar-refractivity contribution in [3.05, 3.63) is 28.6 Å². The summed E-state index contributed by atoms with van der Waals surface area (Å²) < 4.78 is 5.72. The number of halogens is 1. The van der Waals surface area contributed by atoms with Crippen LogP contribution in [-0.4, -0.2) is 11.1 Å². The molecule has 0 saturated carbocycles. The van der Waals surface area contributed by atoms with E-state index in [1.54, 1.807) is 19.1 Å². The zero-order valence-corrected chi connectivity index (χ0v) is 7.96. The van der Waals surface area contributed by atoms with Gasteiger partial charge >= 0.3 is 5.97 Å². The smallest absolute Gasteiger partial charge is 0.328 e. The summed E-state index contributed by atoms with van der Waals surface area (Å²) in [5.41, 5.74) is 0.591. The first kappa shape index (κ1) is 9.06. The molecule has 0 unspecified atom stereocenters. The SMILES string of the molecule is C/C(=C/C(=O)O)c1ccc(Br)o1. The van der Waals surface area contributed by atoms with Crippen LogP contribution in [0, 0.1) is 0 Å². The van der Waals surface area contributed by atoms with Crippen LogP contribution >= 0.6 is 15.9 Å². The Morgan fingerprint density at radius 2 is 2.33 bits per heavy atom. The number of carboxylic acid groups (broad SMARTS) is 1. The van der Waals surface area contributed by atoms with Gasteiger partial charge in [0, 0.05) is 6.08 Å². The van der Waals surface area contributed by atoms with Crippen LogP contribution in [0.4, 0.5) is 0 Å². The quantitative estimate of drug-likeness (QED) is 0.795. The van der Waals surface area contributed by atoms with Crippen LogP contribution in [0.25, 0.3) is 5.57 Å². The zero-order chi connectivity index (χ0) is 9.14. The van der Waals surface area contributed by atoms with E-state index < -0.39 is 5.97 Å². The average Bonchev–Trinajstić information content (AvgIpc) is 2.34. The minimum atomic E-state index is -0.972. The highest BCUT2D eigenvalue weighted by Gasteiger charge is 2.02. The number of rotatable bonds is 2. The number of allylic oxidation sites excluding steroid dienone is 1. The van der Waals surface area contributed by atoms with Gasteiger partial charge in [0.05, 0.1) is 0 Å². The van der Waals surface area contributed by atoms with Crippen molar-refractivity contribution >= 4 is 27.5 Å². The van der Waals surface area contributed by atoms with Gasteiger partial charge in [0.2, 0.25) is 0 Å². The molecule has 12 heavy (non-hydrogen) atoms. The zero-order valence-electron chi connectivity index (χ0n) is 6.37. The van der Waals surface area contributed by atoms with Gasteiger partial charge in [0.1, 0.15) is 5.76 Å². The Balaban J connectivity index is 2.91. The van der Waals surface area contributed by atoms with Gasteiger partial charge in [-0.3, -0.25) is 0 Å². The molecule has 1 rings (SSSR count). The third-order valence-electron chi connectivity index (χ3n) is 1.30. The Bertz CT molecular complexity index is 325. The Hall–Kier alpha value is -1.03. The highest BCUT2D eigenvalue weighted by molar-refractivity contribution is 9.10. The Labute approximate surface area is 77.8 Å². The fourth-order valence-electron chi connectivity index (χ4n) is 0.783. The molecular formula is C8H7BrO3. The number of furan rings is 1. The molecule has 1 N–H and O–H groups in total. The van der Waals surface area contributed by atoms with Crippen molar-refractivity contribution < 1.29 is 14.3 Å². The van der Waals surface area contributed by atoms with Crippen molar-refractivity contribution in [3.63, 3.8) is 0 Å². The molecule has 0 fully saturated rings. The molecule has 64 valence electrons. The number of hydrogen-bond acceptors (Lipinski definition) is 2. The Kier molecular flexibility index (Phi) is 2.70. The lowest BCUT2D eigenvalue weighted by Gasteiger charge is -1.92. The first-order valence-corrected chi connectivity index (χ1v) is 4.06. The third-order valence-corrected chi connectivity index (χ3v) is 1.73. The molecule has 0 aliphatic heterocycles. The molecule has 0 aliphatic rings. The van der Waals surface area contributed by atoms with Crippen molar-refractivity contribution in [1.82, 2.24) is 0 Å². The standard InChI is InChI=1S/C8H7BrO3/c1-5(4-8(10)11)6-2-3-7(9)12-6/h2-4H,1H3,(H,10,11)/b5-4-. The third kappa shape index (κ3) is 2.23. The molecule has 3 nitrogen and oxygen atoms in total. The number of hydrogen-bond donors (Lipinski definition) is 1. The van der Waals surface area contributed by atoms with Crippen molar-refractivity contribution in [2.24, 2.45) is 0 Å². The van der Waals surface area contributed by atoms with Gasteiger partial charge in [-0.1, -0.05) is 0 Å². The average molecular weight is 231 g/mol. The van der Waals surface area contributed by atoms with Crippen LogP contribution in [0.5, 0.6) is 0 Å². The molecule has 0 aliphatic carbocycles. The van der Waals surface area contributed by atoms with Crippen LogP contribution < -0.4 is 0 Å². The minimum Gasteiger partial charge on any atom is -0.478 e. The maximum Gasteiger partial charge on any atom is 0.328 e. The predicted octanol–water partition coefficient (Wildman–Crippen LogP) is 2.53. The normalized spacial score (nSPS) is 11.7. The van der Waals surface area contributed by atoms with E-state index in [1.807, 2.05) is 0 Å². The van der Waals surface area contributed by atoms with Gasteiger partial charge in [0.25, 0.3) is 0 Å².